The van der Waals surface area contributed by atoms with Gasteiger partial charge in [0.2, 0.25) is 5.91 Å². The van der Waals surface area contributed by atoms with Crippen molar-refractivity contribution in [2.24, 2.45) is 10.5 Å². The summed E-state index contributed by atoms with van der Waals surface area (Å²) in [4.78, 5) is 30.9. The molecule has 0 bridgehead atoms. The zero-order chi connectivity index (χ0) is 28.7. The number of esters is 1. The van der Waals surface area contributed by atoms with E-state index in [1.807, 2.05) is 72.8 Å². The van der Waals surface area contributed by atoms with E-state index in [0.29, 0.717) is 30.1 Å². The van der Waals surface area contributed by atoms with Crippen molar-refractivity contribution in [3.05, 3.63) is 130 Å². The molecule has 9 heteroatoms. The highest BCUT2D eigenvalue weighted by Gasteiger charge is 2.56. The van der Waals surface area contributed by atoms with Gasteiger partial charge in [0.15, 0.2) is 17.0 Å². The zero-order valence-corrected chi connectivity index (χ0v) is 22.7. The minimum Gasteiger partial charge on any atom is -0.485 e. The molecule has 3 aromatic carbocycles. The van der Waals surface area contributed by atoms with Crippen molar-refractivity contribution in [1.82, 2.24) is 4.90 Å². The molecule has 1 aliphatic heterocycles. The van der Waals surface area contributed by atoms with Crippen LogP contribution in [0.15, 0.2) is 108 Å². The summed E-state index contributed by atoms with van der Waals surface area (Å²) in [6, 6.07) is 24.6. The number of carbonyl (C=O) groups is 2. The van der Waals surface area contributed by atoms with Gasteiger partial charge < -0.3 is 19.1 Å². The molecular formula is C32H30N4O5. The zero-order valence-electron chi connectivity index (χ0n) is 22.7. The minimum absolute atomic E-state index is 0.106. The number of azide groups is 1. The SMILES string of the molecule is COC(=O)C1(CN2CC(N=[N+]=[N-])(c3ccc(OCc4ccccc4)c(OCc4ccccc4)c3)C2=O)C=CC=CC1. The number of benzene rings is 3. The lowest BCUT2D eigenvalue weighted by Gasteiger charge is -2.49. The van der Waals surface area contributed by atoms with E-state index in [-0.39, 0.29) is 19.7 Å². The van der Waals surface area contributed by atoms with Gasteiger partial charge in [-0.1, -0.05) is 96.1 Å². The highest BCUT2D eigenvalue weighted by atomic mass is 16.5. The van der Waals surface area contributed by atoms with Crippen LogP contribution in [0.1, 0.15) is 23.1 Å². The summed E-state index contributed by atoms with van der Waals surface area (Å²) in [5.74, 6) is 0.0988. The van der Waals surface area contributed by atoms with Crippen LogP contribution in [0, 0.1) is 5.41 Å². The van der Waals surface area contributed by atoms with Gasteiger partial charge in [0.1, 0.15) is 18.6 Å². The third kappa shape index (κ3) is 5.66. The Morgan fingerprint density at radius 1 is 0.951 bits per heavy atom. The maximum Gasteiger partial charge on any atom is 0.317 e. The fourth-order valence-corrected chi connectivity index (χ4v) is 5.15. The maximum atomic E-state index is 13.7. The van der Waals surface area contributed by atoms with Gasteiger partial charge in [-0.05, 0) is 40.8 Å². The summed E-state index contributed by atoms with van der Waals surface area (Å²) in [6.45, 7) is 0.821. The van der Waals surface area contributed by atoms with E-state index in [4.69, 9.17) is 14.2 Å². The second-order valence-corrected chi connectivity index (χ2v) is 10.1. The standard InChI is InChI=1S/C32H30N4O5/c1-39-30(38)31(17-9-4-10-18-31)22-36-23-32(29(36)37,34-35-33)26-15-16-27(40-20-24-11-5-2-6-12-24)28(19-26)41-21-25-13-7-3-8-14-25/h2-17,19H,18,20-23H2,1H3. The predicted molar refractivity (Wildman–Crippen MR) is 153 cm³/mol. The average molecular weight is 551 g/mol. The van der Waals surface area contributed by atoms with Crippen molar-refractivity contribution >= 4 is 11.9 Å². The smallest absolute Gasteiger partial charge is 0.317 e. The van der Waals surface area contributed by atoms with Gasteiger partial charge in [-0.15, -0.1) is 0 Å². The first-order valence-electron chi connectivity index (χ1n) is 13.3. The fraction of sp³-hybridized carbons (Fsp3) is 0.250. The van der Waals surface area contributed by atoms with Crippen LogP contribution >= 0.6 is 0 Å². The Hall–Kier alpha value is -5.01. The summed E-state index contributed by atoms with van der Waals surface area (Å²) in [7, 11) is 1.33. The molecule has 1 heterocycles. The Morgan fingerprint density at radius 2 is 1.61 bits per heavy atom. The van der Waals surface area contributed by atoms with E-state index in [1.165, 1.54) is 12.0 Å². The number of methoxy groups -OCH3 is 1. The van der Waals surface area contributed by atoms with E-state index < -0.39 is 22.8 Å². The topological polar surface area (TPSA) is 114 Å². The highest BCUT2D eigenvalue weighted by molar-refractivity contribution is 5.95. The molecule has 1 saturated heterocycles. The van der Waals surface area contributed by atoms with Crippen LogP contribution in [0.3, 0.4) is 0 Å². The second-order valence-electron chi connectivity index (χ2n) is 10.1. The van der Waals surface area contributed by atoms with Crippen molar-refractivity contribution in [2.75, 3.05) is 20.2 Å². The molecule has 2 atom stereocenters. The van der Waals surface area contributed by atoms with Crippen LogP contribution < -0.4 is 9.47 Å². The Morgan fingerprint density at radius 3 is 2.17 bits per heavy atom. The van der Waals surface area contributed by atoms with Crippen molar-refractivity contribution < 1.29 is 23.8 Å². The van der Waals surface area contributed by atoms with Crippen LogP contribution in [0.4, 0.5) is 0 Å². The number of likely N-dealkylation sites (tertiary alicyclic amines) is 1. The van der Waals surface area contributed by atoms with Gasteiger partial charge in [0, 0.05) is 18.0 Å². The first-order valence-corrected chi connectivity index (χ1v) is 13.3. The lowest BCUT2D eigenvalue weighted by Crippen LogP contribution is -2.65. The molecule has 2 aliphatic rings. The molecule has 41 heavy (non-hydrogen) atoms. The lowest BCUT2D eigenvalue weighted by atomic mass is 9.76. The quantitative estimate of drug-likeness (QED) is 0.0974. The third-order valence-corrected chi connectivity index (χ3v) is 7.38. The van der Waals surface area contributed by atoms with Crippen LogP contribution in [0.25, 0.3) is 10.4 Å². The van der Waals surface area contributed by atoms with E-state index in [0.717, 1.165) is 11.1 Å². The molecule has 0 aromatic heterocycles. The van der Waals surface area contributed by atoms with Gasteiger partial charge in [-0.25, -0.2) is 0 Å². The summed E-state index contributed by atoms with van der Waals surface area (Å²) >= 11 is 0. The van der Waals surface area contributed by atoms with Gasteiger partial charge >= 0.3 is 5.97 Å². The number of nitrogens with zero attached hydrogens (tertiary/aromatic N) is 4. The molecule has 1 aliphatic carbocycles. The number of hydrogen-bond acceptors (Lipinski definition) is 6. The fourth-order valence-electron chi connectivity index (χ4n) is 5.15. The molecule has 0 N–H and O–H groups in total. The van der Waals surface area contributed by atoms with Gasteiger partial charge in [-0.2, -0.15) is 0 Å². The lowest BCUT2D eigenvalue weighted by molar-refractivity contribution is -0.159. The number of hydrogen-bond donors (Lipinski definition) is 0. The van der Waals surface area contributed by atoms with Crippen molar-refractivity contribution in [2.45, 2.75) is 25.2 Å². The van der Waals surface area contributed by atoms with Gasteiger partial charge in [0.25, 0.3) is 0 Å². The normalized spacial score (nSPS) is 21.0. The number of β-lactam (4-membered cyclic amide) rings is 1. The maximum absolute atomic E-state index is 13.7. The molecule has 9 nitrogen and oxygen atoms in total. The van der Waals surface area contributed by atoms with E-state index >= 15 is 0 Å². The number of ether oxygens (including phenoxy) is 3. The average Bonchev–Trinajstić information content (AvgIpc) is 3.03. The molecule has 0 saturated carbocycles. The minimum atomic E-state index is -1.47. The summed E-state index contributed by atoms with van der Waals surface area (Å²) in [6.07, 6.45) is 7.65. The van der Waals surface area contributed by atoms with Crippen molar-refractivity contribution in [1.29, 1.82) is 0 Å². The summed E-state index contributed by atoms with van der Waals surface area (Å²) in [5.41, 5.74) is 9.43. The van der Waals surface area contributed by atoms with E-state index in [9.17, 15) is 15.1 Å². The highest BCUT2D eigenvalue weighted by Crippen LogP contribution is 2.44. The van der Waals surface area contributed by atoms with Gasteiger partial charge in [0.05, 0.1) is 7.11 Å². The van der Waals surface area contributed by atoms with Crippen molar-refractivity contribution in [3.8, 4) is 11.5 Å². The Bertz CT molecular complexity index is 1520. The first kappa shape index (κ1) is 27.6. The molecule has 0 radical (unpaired) electrons. The molecule has 5 rings (SSSR count). The second kappa shape index (κ2) is 12.0. The van der Waals surface area contributed by atoms with Gasteiger partial charge in [-0.3, -0.25) is 9.59 Å². The molecule has 208 valence electrons. The molecule has 1 fully saturated rings. The molecule has 3 aromatic rings. The van der Waals surface area contributed by atoms with Crippen LogP contribution in [0.2, 0.25) is 0 Å². The first-order chi connectivity index (χ1) is 20.0. The Balaban J connectivity index is 1.42. The largest absolute Gasteiger partial charge is 0.485 e. The molecule has 1 amide bonds. The molecular weight excluding hydrogens is 520 g/mol. The molecule has 0 spiro atoms. The summed E-state index contributed by atoms with van der Waals surface area (Å²) < 4.78 is 17.3. The monoisotopic (exact) mass is 550 g/mol. The van der Waals surface area contributed by atoms with E-state index in [2.05, 4.69) is 10.0 Å². The predicted octanol–water partition coefficient (Wildman–Crippen LogP) is 5.87. The number of rotatable bonds is 11. The third-order valence-electron chi connectivity index (χ3n) is 7.38. The van der Waals surface area contributed by atoms with E-state index in [1.54, 1.807) is 30.4 Å². The Kier molecular flexibility index (Phi) is 8.08. The van der Waals surface area contributed by atoms with Crippen LogP contribution in [-0.2, 0) is 33.1 Å². The van der Waals surface area contributed by atoms with Crippen LogP contribution in [0.5, 0.6) is 11.5 Å². The summed E-state index contributed by atoms with van der Waals surface area (Å²) in [5, 5.41) is 3.97. The molecule has 2 unspecified atom stereocenters. The van der Waals surface area contributed by atoms with Crippen molar-refractivity contribution in [3.63, 3.8) is 0 Å². The number of allylic oxidation sites excluding steroid dienone is 3. The Labute approximate surface area is 238 Å². The number of amides is 1. The number of carbonyl (C=O) groups excluding carboxylic acids is 2. The van der Waals surface area contributed by atoms with Crippen LogP contribution in [-0.4, -0.2) is 37.0 Å².